The highest BCUT2D eigenvalue weighted by atomic mass is 16.1. The predicted molar refractivity (Wildman–Crippen MR) is 64.3 cm³/mol. The lowest BCUT2D eigenvalue weighted by Gasteiger charge is -2.22. The van der Waals surface area contributed by atoms with Crippen molar-refractivity contribution in [3.05, 3.63) is 0 Å². The van der Waals surface area contributed by atoms with Crippen molar-refractivity contribution in [2.24, 2.45) is 11.8 Å². The summed E-state index contributed by atoms with van der Waals surface area (Å²) < 4.78 is 0. The normalized spacial score (nSPS) is 26.6. The third-order valence-corrected chi connectivity index (χ3v) is 4.42. The Morgan fingerprint density at radius 2 is 1.69 bits per heavy atom. The first kappa shape index (κ1) is 10.8. The molecule has 0 saturated heterocycles. The predicted octanol–water partition coefficient (Wildman–Crippen LogP) is 2.62. The zero-order valence-corrected chi connectivity index (χ0v) is 10.2. The lowest BCUT2D eigenvalue weighted by Crippen LogP contribution is -2.35. The first-order chi connectivity index (χ1) is 7.83. The Labute approximate surface area is 98.4 Å². The van der Waals surface area contributed by atoms with E-state index in [9.17, 15) is 4.79 Å². The van der Waals surface area contributed by atoms with Crippen LogP contribution in [0.1, 0.15) is 51.4 Å². The third kappa shape index (κ3) is 2.65. The van der Waals surface area contributed by atoms with Crippen LogP contribution < -0.4 is 0 Å². The number of rotatable bonds is 6. The number of carbonyl (C=O) groups excluding carboxylic acids is 1. The quantitative estimate of drug-likeness (QED) is 0.687. The molecule has 0 atom stereocenters. The Morgan fingerprint density at radius 3 is 2.25 bits per heavy atom. The van der Waals surface area contributed by atoms with Crippen LogP contribution in [-0.2, 0) is 4.79 Å². The second kappa shape index (κ2) is 4.48. The van der Waals surface area contributed by atoms with Gasteiger partial charge in [0.25, 0.3) is 0 Å². The van der Waals surface area contributed by atoms with E-state index in [1.54, 1.807) is 0 Å². The van der Waals surface area contributed by atoms with E-state index < -0.39 is 0 Å². The molecule has 0 radical (unpaired) electrons. The van der Waals surface area contributed by atoms with Crippen LogP contribution in [0.2, 0.25) is 0 Å². The number of ketones is 1. The van der Waals surface area contributed by atoms with Gasteiger partial charge < -0.3 is 0 Å². The standard InChI is InChI=1S/C14H23NO/c16-14(12-3-1-2-4-12)10-15(13-7-8-13)9-11-5-6-11/h11-13H,1-10H2. The molecule has 0 N–H and O–H groups in total. The van der Waals surface area contributed by atoms with Gasteiger partial charge in [-0.2, -0.15) is 0 Å². The van der Waals surface area contributed by atoms with Crippen LogP contribution in [0.5, 0.6) is 0 Å². The van der Waals surface area contributed by atoms with E-state index in [1.165, 1.54) is 57.9 Å². The summed E-state index contributed by atoms with van der Waals surface area (Å²) in [4.78, 5) is 14.6. The molecule has 90 valence electrons. The Kier molecular flexibility index (Phi) is 3.01. The molecule has 16 heavy (non-hydrogen) atoms. The average Bonchev–Trinajstić information content (AvgIpc) is 3.18. The van der Waals surface area contributed by atoms with Gasteiger partial charge in [0.1, 0.15) is 5.78 Å². The van der Waals surface area contributed by atoms with Crippen molar-refractivity contribution in [2.45, 2.75) is 57.4 Å². The van der Waals surface area contributed by atoms with Crippen LogP contribution >= 0.6 is 0 Å². The Balaban J connectivity index is 1.50. The van der Waals surface area contributed by atoms with Crippen LogP contribution in [0.3, 0.4) is 0 Å². The molecule has 0 aromatic carbocycles. The van der Waals surface area contributed by atoms with Crippen LogP contribution in [0.15, 0.2) is 0 Å². The van der Waals surface area contributed by atoms with Gasteiger partial charge in [-0.25, -0.2) is 0 Å². The van der Waals surface area contributed by atoms with Crippen molar-refractivity contribution >= 4 is 5.78 Å². The Morgan fingerprint density at radius 1 is 1.00 bits per heavy atom. The van der Waals surface area contributed by atoms with Gasteiger partial charge in [0.2, 0.25) is 0 Å². The molecule has 3 rings (SSSR count). The fraction of sp³-hybridized carbons (Fsp3) is 0.929. The first-order valence-electron chi connectivity index (χ1n) is 7.09. The van der Waals surface area contributed by atoms with Gasteiger partial charge in [0.15, 0.2) is 0 Å². The van der Waals surface area contributed by atoms with Gasteiger partial charge in [0.05, 0.1) is 6.54 Å². The highest BCUT2D eigenvalue weighted by Crippen LogP contribution is 2.35. The minimum Gasteiger partial charge on any atom is -0.298 e. The van der Waals surface area contributed by atoms with Crippen LogP contribution in [-0.4, -0.2) is 29.8 Å². The molecule has 3 fully saturated rings. The van der Waals surface area contributed by atoms with E-state index >= 15 is 0 Å². The zero-order chi connectivity index (χ0) is 11.0. The molecule has 3 aliphatic carbocycles. The molecule has 0 aliphatic heterocycles. The second-order valence-electron chi connectivity index (χ2n) is 6.05. The highest BCUT2D eigenvalue weighted by Gasteiger charge is 2.35. The zero-order valence-electron chi connectivity index (χ0n) is 10.2. The average molecular weight is 221 g/mol. The first-order valence-corrected chi connectivity index (χ1v) is 7.09. The summed E-state index contributed by atoms with van der Waals surface area (Å²) in [6.45, 7) is 1.98. The Bertz CT molecular complexity index is 262. The van der Waals surface area contributed by atoms with Crippen molar-refractivity contribution in [2.75, 3.05) is 13.1 Å². The topological polar surface area (TPSA) is 20.3 Å². The minimum absolute atomic E-state index is 0.417. The number of carbonyl (C=O) groups is 1. The molecule has 0 bridgehead atoms. The maximum Gasteiger partial charge on any atom is 0.149 e. The van der Waals surface area contributed by atoms with Gasteiger partial charge in [-0.3, -0.25) is 9.69 Å². The molecule has 0 amide bonds. The smallest absolute Gasteiger partial charge is 0.149 e. The molecular weight excluding hydrogens is 198 g/mol. The van der Waals surface area contributed by atoms with Crippen molar-refractivity contribution in [3.63, 3.8) is 0 Å². The lowest BCUT2D eigenvalue weighted by atomic mass is 10.0. The lowest BCUT2D eigenvalue weighted by molar-refractivity contribution is -0.124. The second-order valence-corrected chi connectivity index (χ2v) is 6.05. The molecule has 2 nitrogen and oxygen atoms in total. The summed E-state index contributed by atoms with van der Waals surface area (Å²) in [6, 6.07) is 0.769. The fourth-order valence-corrected chi connectivity index (χ4v) is 2.99. The SMILES string of the molecule is O=C(CN(CC1CC1)C1CC1)C1CCCC1. The number of hydrogen-bond acceptors (Lipinski definition) is 2. The summed E-state index contributed by atoms with van der Waals surface area (Å²) in [6.07, 6.45) is 10.4. The molecular formula is C14H23NO. The van der Waals surface area contributed by atoms with E-state index in [4.69, 9.17) is 0 Å². The van der Waals surface area contributed by atoms with Gasteiger partial charge in [-0.15, -0.1) is 0 Å². The molecule has 3 saturated carbocycles. The third-order valence-electron chi connectivity index (χ3n) is 4.42. The van der Waals surface area contributed by atoms with Crippen molar-refractivity contribution in [3.8, 4) is 0 Å². The number of nitrogens with zero attached hydrogens (tertiary/aromatic N) is 1. The summed E-state index contributed by atoms with van der Waals surface area (Å²) in [7, 11) is 0. The largest absolute Gasteiger partial charge is 0.298 e. The molecule has 0 heterocycles. The molecule has 0 spiro atoms. The van der Waals surface area contributed by atoms with Crippen LogP contribution in [0.4, 0.5) is 0 Å². The summed E-state index contributed by atoms with van der Waals surface area (Å²) in [5.41, 5.74) is 0. The minimum atomic E-state index is 0.417. The van der Waals surface area contributed by atoms with Gasteiger partial charge in [0, 0.05) is 18.5 Å². The highest BCUT2D eigenvalue weighted by molar-refractivity contribution is 5.83. The number of hydrogen-bond donors (Lipinski definition) is 0. The molecule has 3 aliphatic rings. The van der Waals surface area contributed by atoms with E-state index in [1.807, 2.05) is 0 Å². The molecule has 0 aromatic heterocycles. The van der Waals surface area contributed by atoms with E-state index in [-0.39, 0.29) is 0 Å². The van der Waals surface area contributed by atoms with Gasteiger partial charge in [-0.1, -0.05) is 12.8 Å². The number of Topliss-reactive ketones (excluding diaryl/α,β-unsaturated/α-hetero) is 1. The summed E-state index contributed by atoms with van der Waals surface area (Å²) in [5.74, 6) is 1.89. The van der Waals surface area contributed by atoms with E-state index in [0.29, 0.717) is 11.7 Å². The summed E-state index contributed by atoms with van der Waals surface area (Å²) >= 11 is 0. The fourth-order valence-electron chi connectivity index (χ4n) is 2.99. The Hall–Kier alpha value is -0.370. The molecule has 0 aromatic rings. The van der Waals surface area contributed by atoms with Crippen molar-refractivity contribution < 1.29 is 4.79 Å². The maximum absolute atomic E-state index is 12.1. The van der Waals surface area contributed by atoms with Crippen LogP contribution in [0.25, 0.3) is 0 Å². The maximum atomic E-state index is 12.1. The summed E-state index contributed by atoms with van der Waals surface area (Å²) in [5, 5.41) is 0. The molecule has 2 heteroatoms. The van der Waals surface area contributed by atoms with E-state index in [2.05, 4.69) is 4.90 Å². The molecule has 0 unspecified atom stereocenters. The van der Waals surface area contributed by atoms with Crippen molar-refractivity contribution in [1.29, 1.82) is 0 Å². The van der Waals surface area contributed by atoms with Gasteiger partial charge >= 0.3 is 0 Å². The monoisotopic (exact) mass is 221 g/mol. The van der Waals surface area contributed by atoms with E-state index in [0.717, 1.165) is 18.5 Å². The van der Waals surface area contributed by atoms with Crippen molar-refractivity contribution in [1.82, 2.24) is 4.90 Å². The van der Waals surface area contributed by atoms with Gasteiger partial charge in [-0.05, 0) is 44.4 Å². The van der Waals surface area contributed by atoms with Crippen LogP contribution in [0, 0.1) is 11.8 Å².